The highest BCUT2D eigenvalue weighted by Crippen LogP contribution is 2.47. The molecule has 3 aliphatic rings. The molecule has 7 rings (SSSR count). The van der Waals surface area contributed by atoms with E-state index in [1.165, 1.54) is 0 Å². The standard InChI is InChI=1S/C38H40Cl2N6O6/c1-38(2)21-51-12-11-45(38)37(49)35-31-20-52-33-18-32(50-3)29(17-30(33)36(31)46(43-35)28-15-24(39)14-25(40)16-28)23-5-4-6-27(13-23)42-34(48)19-44-9-7-26(8-10-44)41-22-47/h4-6,13-18,22,26H,7-12,19-21H2,1-3H3,(H,41,47)(H,42,48). The molecular formula is C38H40Cl2N6O6. The van der Waals surface area contributed by atoms with Gasteiger partial charge in [0.25, 0.3) is 5.91 Å². The Kier molecular flexibility index (Phi) is 10.2. The molecule has 0 unspecified atom stereocenters. The van der Waals surface area contributed by atoms with Crippen molar-refractivity contribution in [2.24, 2.45) is 0 Å². The first-order valence-corrected chi connectivity index (χ1v) is 18.0. The number of carbonyl (C=O) groups excluding carboxylic acids is 3. The van der Waals surface area contributed by atoms with Crippen LogP contribution in [-0.4, -0.2) is 95.9 Å². The fraction of sp³-hybridized carbons (Fsp3) is 0.368. The van der Waals surface area contributed by atoms with Crippen LogP contribution < -0.4 is 20.1 Å². The highest BCUT2D eigenvalue weighted by Gasteiger charge is 2.39. The molecule has 0 aliphatic carbocycles. The van der Waals surface area contributed by atoms with Gasteiger partial charge in [0.15, 0.2) is 5.69 Å². The van der Waals surface area contributed by atoms with Crippen molar-refractivity contribution in [2.45, 2.75) is 44.9 Å². The van der Waals surface area contributed by atoms with Gasteiger partial charge in [-0.15, -0.1) is 0 Å². The Morgan fingerprint density at radius 1 is 1.04 bits per heavy atom. The number of morpholine rings is 1. The van der Waals surface area contributed by atoms with Crippen LogP contribution in [0.2, 0.25) is 10.0 Å². The Morgan fingerprint density at radius 3 is 2.52 bits per heavy atom. The van der Waals surface area contributed by atoms with Gasteiger partial charge < -0.3 is 29.7 Å². The maximum Gasteiger partial charge on any atom is 0.275 e. The van der Waals surface area contributed by atoms with Gasteiger partial charge >= 0.3 is 0 Å². The summed E-state index contributed by atoms with van der Waals surface area (Å²) in [4.78, 5) is 42.0. The van der Waals surface area contributed by atoms with Crippen LogP contribution in [0.5, 0.6) is 11.5 Å². The second-order valence-corrected chi connectivity index (χ2v) is 14.7. The van der Waals surface area contributed by atoms with Gasteiger partial charge in [-0.2, -0.15) is 5.10 Å². The molecule has 0 atom stereocenters. The summed E-state index contributed by atoms with van der Waals surface area (Å²) in [6.45, 7) is 7.04. The molecule has 0 spiro atoms. The van der Waals surface area contributed by atoms with Gasteiger partial charge in [0, 0.05) is 64.2 Å². The Bertz CT molecular complexity index is 2000. The fourth-order valence-electron chi connectivity index (χ4n) is 7.18. The lowest BCUT2D eigenvalue weighted by atomic mass is 9.95. The zero-order valence-corrected chi connectivity index (χ0v) is 30.7. The molecule has 0 saturated carbocycles. The molecule has 0 radical (unpaired) electrons. The number of halogens is 2. The highest BCUT2D eigenvalue weighted by molar-refractivity contribution is 6.34. The van der Waals surface area contributed by atoms with Crippen molar-refractivity contribution in [3.8, 4) is 39.6 Å². The lowest BCUT2D eigenvalue weighted by molar-refractivity contribution is -0.118. The molecule has 2 fully saturated rings. The largest absolute Gasteiger partial charge is 0.496 e. The molecule has 12 nitrogen and oxygen atoms in total. The normalized spacial score (nSPS) is 17.1. The number of likely N-dealkylation sites (tertiary alicyclic amines) is 1. The predicted octanol–water partition coefficient (Wildman–Crippen LogP) is 5.81. The number of benzene rings is 3. The number of fused-ring (bicyclic) bond motifs is 3. The minimum absolute atomic E-state index is 0.109. The summed E-state index contributed by atoms with van der Waals surface area (Å²) in [6.07, 6.45) is 2.34. The van der Waals surface area contributed by atoms with Crippen molar-refractivity contribution in [2.75, 3.05) is 51.8 Å². The van der Waals surface area contributed by atoms with Crippen molar-refractivity contribution in [3.63, 3.8) is 0 Å². The number of anilines is 1. The monoisotopic (exact) mass is 746 g/mol. The minimum Gasteiger partial charge on any atom is -0.496 e. The molecule has 3 aromatic carbocycles. The summed E-state index contributed by atoms with van der Waals surface area (Å²) < 4.78 is 19.6. The van der Waals surface area contributed by atoms with Crippen LogP contribution in [0.3, 0.4) is 0 Å². The second-order valence-electron chi connectivity index (χ2n) is 13.8. The van der Waals surface area contributed by atoms with E-state index in [2.05, 4.69) is 15.5 Å². The topological polar surface area (TPSA) is 127 Å². The summed E-state index contributed by atoms with van der Waals surface area (Å²) in [5.41, 5.74) is 4.52. The van der Waals surface area contributed by atoms with Gasteiger partial charge in [0.05, 0.1) is 43.8 Å². The predicted molar refractivity (Wildman–Crippen MR) is 199 cm³/mol. The van der Waals surface area contributed by atoms with Gasteiger partial charge in [-0.25, -0.2) is 4.68 Å². The molecule has 3 amide bonds. The SMILES string of the molecule is COc1cc2c(cc1-c1cccc(NC(=O)CN3CCC(NC=O)CC3)c1)-c1c(c(C(=O)N3CCOCC3(C)C)nn1-c1cc(Cl)cc(Cl)c1)CO2. The first-order chi connectivity index (χ1) is 25.0. The van der Waals surface area contributed by atoms with Gasteiger partial charge in [0.2, 0.25) is 12.3 Å². The number of carbonyl (C=O) groups is 3. The molecule has 4 heterocycles. The van der Waals surface area contributed by atoms with Gasteiger partial charge in [-0.3, -0.25) is 19.3 Å². The Labute approximate surface area is 311 Å². The van der Waals surface area contributed by atoms with E-state index in [1.807, 2.05) is 50.2 Å². The molecule has 4 aromatic rings. The van der Waals surface area contributed by atoms with E-state index in [9.17, 15) is 14.4 Å². The number of hydrogen-bond donors (Lipinski definition) is 2. The molecule has 52 heavy (non-hydrogen) atoms. The highest BCUT2D eigenvalue weighted by atomic mass is 35.5. The third-order valence-electron chi connectivity index (χ3n) is 9.81. The number of aromatic nitrogens is 2. The summed E-state index contributed by atoms with van der Waals surface area (Å²) in [6, 6.07) is 16.7. The van der Waals surface area contributed by atoms with Crippen LogP contribution in [-0.2, 0) is 20.9 Å². The van der Waals surface area contributed by atoms with Gasteiger partial charge in [-0.1, -0.05) is 35.3 Å². The average Bonchev–Trinajstić information content (AvgIpc) is 3.51. The smallest absolute Gasteiger partial charge is 0.275 e. The number of piperidine rings is 1. The van der Waals surface area contributed by atoms with Crippen LogP contribution in [0.25, 0.3) is 28.1 Å². The van der Waals surface area contributed by atoms with E-state index >= 15 is 0 Å². The van der Waals surface area contributed by atoms with Crippen molar-refractivity contribution >= 4 is 47.1 Å². The van der Waals surface area contributed by atoms with Gasteiger partial charge in [-0.05, 0) is 68.7 Å². The Balaban J connectivity index is 1.25. The maximum absolute atomic E-state index is 14.3. The second kappa shape index (κ2) is 14.8. The number of methoxy groups -OCH3 is 1. The van der Waals surface area contributed by atoms with E-state index in [-0.39, 0.29) is 36.7 Å². The minimum atomic E-state index is -0.537. The number of ether oxygens (including phenoxy) is 3. The first kappa shape index (κ1) is 35.8. The number of nitrogens with one attached hydrogen (secondary N) is 2. The molecule has 272 valence electrons. The summed E-state index contributed by atoms with van der Waals surface area (Å²) in [5.74, 6) is 0.784. The molecule has 2 saturated heterocycles. The van der Waals surface area contributed by atoms with Crippen LogP contribution in [0.15, 0.2) is 54.6 Å². The molecule has 3 aliphatic heterocycles. The lowest BCUT2D eigenvalue weighted by Gasteiger charge is -2.41. The first-order valence-electron chi connectivity index (χ1n) is 17.2. The lowest BCUT2D eigenvalue weighted by Crippen LogP contribution is -2.55. The number of nitrogens with zero attached hydrogens (tertiary/aromatic N) is 4. The number of hydrogen-bond acceptors (Lipinski definition) is 8. The summed E-state index contributed by atoms with van der Waals surface area (Å²) >= 11 is 13.0. The van der Waals surface area contributed by atoms with E-state index in [4.69, 9.17) is 42.5 Å². The zero-order valence-electron chi connectivity index (χ0n) is 29.2. The number of rotatable bonds is 9. The third kappa shape index (κ3) is 7.20. The van der Waals surface area contributed by atoms with E-state index in [0.717, 1.165) is 43.5 Å². The van der Waals surface area contributed by atoms with Crippen LogP contribution in [0.1, 0.15) is 42.7 Å². The van der Waals surface area contributed by atoms with E-state index < -0.39 is 5.54 Å². The third-order valence-corrected chi connectivity index (χ3v) is 10.2. The Morgan fingerprint density at radius 2 is 1.81 bits per heavy atom. The molecule has 14 heteroatoms. The quantitative estimate of drug-likeness (QED) is 0.206. The fourth-order valence-corrected chi connectivity index (χ4v) is 7.69. The van der Waals surface area contributed by atoms with Crippen molar-refractivity contribution in [1.29, 1.82) is 0 Å². The van der Waals surface area contributed by atoms with Crippen molar-refractivity contribution in [3.05, 3.63) is 75.9 Å². The summed E-state index contributed by atoms with van der Waals surface area (Å²) in [7, 11) is 1.60. The summed E-state index contributed by atoms with van der Waals surface area (Å²) in [5, 5.41) is 11.6. The Hall–Kier alpha value is -4.62. The molecular weight excluding hydrogens is 707 g/mol. The van der Waals surface area contributed by atoms with Crippen LogP contribution in [0, 0.1) is 0 Å². The van der Waals surface area contributed by atoms with Crippen LogP contribution in [0.4, 0.5) is 5.69 Å². The van der Waals surface area contributed by atoms with E-state index in [1.54, 1.807) is 34.9 Å². The molecule has 2 N–H and O–H groups in total. The van der Waals surface area contributed by atoms with Crippen LogP contribution >= 0.6 is 23.2 Å². The van der Waals surface area contributed by atoms with E-state index in [0.29, 0.717) is 69.5 Å². The van der Waals surface area contributed by atoms with Crippen molar-refractivity contribution in [1.82, 2.24) is 24.9 Å². The average molecular weight is 748 g/mol. The number of amides is 3. The zero-order chi connectivity index (χ0) is 36.6. The molecule has 1 aromatic heterocycles. The molecule has 0 bridgehead atoms. The maximum atomic E-state index is 14.3. The van der Waals surface area contributed by atoms with Gasteiger partial charge in [0.1, 0.15) is 18.1 Å². The van der Waals surface area contributed by atoms with Crippen molar-refractivity contribution < 1.29 is 28.6 Å².